The number of hydrogen-bond donors (Lipinski definition) is 1. The van der Waals surface area contributed by atoms with E-state index in [0.29, 0.717) is 0 Å². The van der Waals surface area contributed by atoms with E-state index in [1.54, 1.807) is 7.11 Å². The number of nitrogens with two attached hydrogens (primary N) is 1. The van der Waals surface area contributed by atoms with Gasteiger partial charge < -0.3 is 15.2 Å². The molecule has 0 aliphatic heterocycles. The lowest BCUT2D eigenvalue weighted by molar-refractivity contribution is 0.170. The molecular formula is C17H20BrNO2. The van der Waals surface area contributed by atoms with Crippen LogP contribution in [0.4, 0.5) is 0 Å². The highest BCUT2D eigenvalue weighted by atomic mass is 79.9. The van der Waals surface area contributed by atoms with Crippen LogP contribution in [0.3, 0.4) is 0 Å². The second-order valence-electron chi connectivity index (χ2n) is 4.84. The van der Waals surface area contributed by atoms with E-state index in [9.17, 15) is 0 Å². The molecule has 0 amide bonds. The van der Waals surface area contributed by atoms with E-state index in [4.69, 9.17) is 15.2 Å². The summed E-state index contributed by atoms with van der Waals surface area (Å²) >= 11 is 3.42. The monoisotopic (exact) mass is 349 g/mol. The van der Waals surface area contributed by atoms with Crippen molar-refractivity contribution in [3.63, 3.8) is 0 Å². The number of ether oxygens (including phenoxy) is 2. The minimum absolute atomic E-state index is 0.0826. The van der Waals surface area contributed by atoms with Gasteiger partial charge in [-0.05, 0) is 48.4 Å². The molecule has 2 rings (SSSR count). The fourth-order valence-electron chi connectivity index (χ4n) is 2.09. The van der Waals surface area contributed by atoms with Crippen LogP contribution in [0.15, 0.2) is 53.0 Å². The van der Waals surface area contributed by atoms with Gasteiger partial charge >= 0.3 is 0 Å². The zero-order chi connectivity index (χ0) is 15.2. The van der Waals surface area contributed by atoms with Gasteiger partial charge in [0.25, 0.3) is 0 Å². The molecule has 0 spiro atoms. The number of halogens is 1. The lowest BCUT2D eigenvalue weighted by Gasteiger charge is -2.25. The molecule has 2 aromatic carbocycles. The number of methoxy groups -OCH3 is 1. The van der Waals surface area contributed by atoms with Crippen LogP contribution in [-0.2, 0) is 0 Å². The quantitative estimate of drug-likeness (QED) is 0.844. The zero-order valence-corrected chi connectivity index (χ0v) is 13.8. The van der Waals surface area contributed by atoms with Gasteiger partial charge in [-0.1, -0.05) is 35.0 Å². The van der Waals surface area contributed by atoms with Gasteiger partial charge in [-0.3, -0.25) is 0 Å². The molecule has 0 saturated carbocycles. The Morgan fingerprint density at radius 1 is 1.10 bits per heavy atom. The molecule has 0 fully saturated rings. The highest BCUT2D eigenvalue weighted by Crippen LogP contribution is 2.28. The molecule has 0 bridgehead atoms. The first kappa shape index (κ1) is 15.9. The highest BCUT2D eigenvalue weighted by molar-refractivity contribution is 9.10. The van der Waals surface area contributed by atoms with Crippen LogP contribution in [0.5, 0.6) is 11.5 Å². The van der Waals surface area contributed by atoms with Gasteiger partial charge in [-0.2, -0.15) is 0 Å². The molecule has 0 aliphatic rings. The highest BCUT2D eigenvalue weighted by Gasteiger charge is 2.21. The van der Waals surface area contributed by atoms with Crippen molar-refractivity contribution in [2.24, 2.45) is 5.73 Å². The molecule has 2 atom stereocenters. The van der Waals surface area contributed by atoms with Gasteiger partial charge in [0.15, 0.2) is 0 Å². The molecule has 0 radical (unpaired) electrons. The molecule has 0 saturated heterocycles. The SMILES string of the molecule is CCC(N)C(Oc1ccc(Br)cc1)c1cccc(OC)c1. The van der Waals surface area contributed by atoms with Gasteiger partial charge in [0.05, 0.1) is 7.11 Å². The minimum Gasteiger partial charge on any atom is -0.497 e. The Kier molecular flexibility index (Phi) is 5.65. The van der Waals surface area contributed by atoms with Crippen LogP contribution in [0.2, 0.25) is 0 Å². The van der Waals surface area contributed by atoms with Crippen LogP contribution in [0, 0.1) is 0 Å². The average Bonchev–Trinajstić information content (AvgIpc) is 2.53. The normalized spacial score (nSPS) is 13.5. The first-order chi connectivity index (χ1) is 10.1. The summed E-state index contributed by atoms with van der Waals surface area (Å²) in [4.78, 5) is 0. The van der Waals surface area contributed by atoms with Crippen molar-refractivity contribution in [3.8, 4) is 11.5 Å². The van der Waals surface area contributed by atoms with E-state index in [0.717, 1.165) is 28.0 Å². The number of rotatable bonds is 6. The third-order valence-electron chi connectivity index (χ3n) is 3.36. The smallest absolute Gasteiger partial charge is 0.139 e. The maximum atomic E-state index is 6.24. The van der Waals surface area contributed by atoms with Crippen LogP contribution >= 0.6 is 15.9 Å². The third-order valence-corrected chi connectivity index (χ3v) is 3.89. The lowest BCUT2D eigenvalue weighted by Crippen LogP contribution is -2.31. The topological polar surface area (TPSA) is 44.5 Å². The molecule has 4 heteroatoms. The predicted molar refractivity (Wildman–Crippen MR) is 88.8 cm³/mol. The molecule has 21 heavy (non-hydrogen) atoms. The van der Waals surface area contributed by atoms with Crippen LogP contribution in [-0.4, -0.2) is 13.2 Å². The van der Waals surface area contributed by atoms with Gasteiger partial charge in [-0.15, -0.1) is 0 Å². The Morgan fingerprint density at radius 3 is 2.43 bits per heavy atom. The van der Waals surface area contributed by atoms with E-state index < -0.39 is 0 Å². The predicted octanol–water partition coefficient (Wildman–Crippen LogP) is 4.32. The second kappa shape index (κ2) is 7.48. The Labute approximate surface area is 134 Å². The molecule has 2 unspecified atom stereocenters. The lowest BCUT2D eigenvalue weighted by atomic mass is 10.0. The third kappa shape index (κ3) is 4.22. The largest absolute Gasteiger partial charge is 0.497 e. The summed E-state index contributed by atoms with van der Waals surface area (Å²) in [6, 6.07) is 15.5. The van der Waals surface area contributed by atoms with Crippen molar-refractivity contribution in [1.29, 1.82) is 0 Å². The molecular weight excluding hydrogens is 330 g/mol. The summed E-state index contributed by atoms with van der Waals surface area (Å²) < 4.78 is 12.4. The van der Waals surface area contributed by atoms with Gasteiger partial charge in [-0.25, -0.2) is 0 Å². The van der Waals surface area contributed by atoms with Crippen molar-refractivity contribution in [3.05, 3.63) is 58.6 Å². The molecule has 2 aromatic rings. The Morgan fingerprint density at radius 2 is 1.81 bits per heavy atom. The van der Waals surface area contributed by atoms with E-state index >= 15 is 0 Å². The first-order valence-electron chi connectivity index (χ1n) is 6.95. The summed E-state index contributed by atoms with van der Waals surface area (Å²) in [6.45, 7) is 2.06. The summed E-state index contributed by atoms with van der Waals surface area (Å²) in [7, 11) is 1.66. The Hall–Kier alpha value is -1.52. The van der Waals surface area contributed by atoms with Crippen LogP contribution < -0.4 is 15.2 Å². The molecule has 0 aromatic heterocycles. The molecule has 0 heterocycles. The van der Waals surface area contributed by atoms with Gasteiger partial charge in [0, 0.05) is 10.5 Å². The molecule has 0 aliphatic carbocycles. The summed E-state index contributed by atoms with van der Waals surface area (Å²) in [5.74, 6) is 1.61. The zero-order valence-electron chi connectivity index (χ0n) is 12.3. The minimum atomic E-state index is -0.203. The van der Waals surface area contributed by atoms with Crippen molar-refractivity contribution in [2.45, 2.75) is 25.5 Å². The van der Waals surface area contributed by atoms with Gasteiger partial charge in [0.2, 0.25) is 0 Å². The van der Waals surface area contributed by atoms with E-state index in [-0.39, 0.29) is 12.1 Å². The number of hydrogen-bond acceptors (Lipinski definition) is 3. The summed E-state index contributed by atoms with van der Waals surface area (Å²) in [5.41, 5.74) is 7.26. The Bertz CT molecular complexity index is 571. The fraction of sp³-hybridized carbons (Fsp3) is 0.294. The van der Waals surface area contributed by atoms with Crippen molar-refractivity contribution >= 4 is 15.9 Å². The maximum absolute atomic E-state index is 6.24. The molecule has 3 nitrogen and oxygen atoms in total. The van der Waals surface area contributed by atoms with Crippen LogP contribution in [0.25, 0.3) is 0 Å². The first-order valence-corrected chi connectivity index (χ1v) is 7.75. The Balaban J connectivity index is 2.27. The summed E-state index contributed by atoms with van der Waals surface area (Å²) in [5, 5.41) is 0. The second-order valence-corrected chi connectivity index (χ2v) is 5.76. The average molecular weight is 350 g/mol. The van der Waals surface area contributed by atoms with Crippen molar-refractivity contribution in [1.82, 2.24) is 0 Å². The summed E-state index contributed by atoms with van der Waals surface area (Å²) in [6.07, 6.45) is 0.629. The molecule has 2 N–H and O–H groups in total. The standard InChI is InChI=1S/C17H20BrNO2/c1-3-16(19)17(12-5-4-6-15(11-12)20-2)21-14-9-7-13(18)8-10-14/h4-11,16-17H,3,19H2,1-2H3. The van der Waals surface area contributed by atoms with Crippen molar-refractivity contribution < 1.29 is 9.47 Å². The molecule has 112 valence electrons. The van der Waals surface area contributed by atoms with E-state index in [1.165, 1.54) is 0 Å². The fourth-order valence-corrected chi connectivity index (χ4v) is 2.36. The van der Waals surface area contributed by atoms with E-state index in [1.807, 2.05) is 48.5 Å². The number of benzene rings is 2. The maximum Gasteiger partial charge on any atom is 0.139 e. The van der Waals surface area contributed by atoms with Gasteiger partial charge in [0.1, 0.15) is 17.6 Å². The van der Waals surface area contributed by atoms with Crippen molar-refractivity contribution in [2.75, 3.05) is 7.11 Å². The van der Waals surface area contributed by atoms with E-state index in [2.05, 4.69) is 22.9 Å². The van der Waals surface area contributed by atoms with Crippen LogP contribution in [0.1, 0.15) is 25.0 Å².